The summed E-state index contributed by atoms with van der Waals surface area (Å²) in [6, 6.07) is 15.2. The van der Waals surface area contributed by atoms with Gasteiger partial charge in [0.1, 0.15) is 5.82 Å². The van der Waals surface area contributed by atoms with Gasteiger partial charge < -0.3 is 5.73 Å². The number of hydrogen-bond donors (Lipinski definition) is 1. The van der Waals surface area contributed by atoms with Crippen LogP contribution in [0.4, 0.5) is 0 Å². The zero-order valence-corrected chi connectivity index (χ0v) is 11.9. The Bertz CT molecular complexity index is 838. The Hall–Kier alpha value is -2.46. The van der Waals surface area contributed by atoms with Crippen molar-refractivity contribution < 1.29 is 0 Å². The Morgan fingerprint density at radius 2 is 1.86 bits per heavy atom. The largest absolute Gasteiger partial charge is 0.330 e. The van der Waals surface area contributed by atoms with E-state index in [0.717, 1.165) is 16.8 Å². The summed E-state index contributed by atoms with van der Waals surface area (Å²) in [6.07, 6.45) is 0.564. The van der Waals surface area contributed by atoms with E-state index in [-0.39, 0.29) is 5.56 Å². The molecule has 0 saturated carbocycles. The third kappa shape index (κ3) is 2.34. The van der Waals surface area contributed by atoms with Gasteiger partial charge in [-0.15, -0.1) is 0 Å². The molecule has 3 rings (SSSR count). The molecule has 0 aliphatic rings. The second kappa shape index (κ2) is 5.50. The molecule has 0 spiro atoms. The summed E-state index contributed by atoms with van der Waals surface area (Å²) in [4.78, 5) is 17.5. The minimum absolute atomic E-state index is 0.0432. The average Bonchev–Trinajstić information content (AvgIpc) is 2.50. The molecular weight excluding hydrogens is 262 g/mol. The fourth-order valence-electron chi connectivity index (χ4n) is 2.54. The van der Waals surface area contributed by atoms with Gasteiger partial charge in [0.15, 0.2) is 0 Å². The molecule has 0 radical (unpaired) electrons. The van der Waals surface area contributed by atoms with Crippen LogP contribution in [0.3, 0.4) is 0 Å². The third-order valence-electron chi connectivity index (χ3n) is 3.55. The van der Waals surface area contributed by atoms with Crippen molar-refractivity contribution in [2.75, 3.05) is 6.54 Å². The average molecular weight is 279 g/mol. The number of rotatable bonds is 3. The standard InChI is InChI=1S/C17H17N3O/c1-12-6-5-9-14-16(12)19-15(10-11-18)20(17(14)21)13-7-3-2-4-8-13/h2-9H,10-11,18H2,1H3. The molecule has 2 aromatic carbocycles. The van der Waals surface area contributed by atoms with Crippen LogP contribution in [0.2, 0.25) is 0 Å². The lowest BCUT2D eigenvalue weighted by Crippen LogP contribution is -2.25. The molecule has 4 heteroatoms. The topological polar surface area (TPSA) is 60.9 Å². The summed E-state index contributed by atoms with van der Waals surface area (Å²) in [7, 11) is 0. The molecule has 0 aliphatic carbocycles. The molecule has 1 heterocycles. The molecule has 0 amide bonds. The lowest BCUT2D eigenvalue weighted by Gasteiger charge is -2.13. The highest BCUT2D eigenvalue weighted by atomic mass is 16.1. The Labute approximate surface area is 122 Å². The smallest absolute Gasteiger partial charge is 0.265 e. The predicted octanol–water partition coefficient (Wildman–Crippen LogP) is 2.20. The van der Waals surface area contributed by atoms with E-state index in [1.54, 1.807) is 4.57 Å². The van der Waals surface area contributed by atoms with Crippen LogP contribution in [0.1, 0.15) is 11.4 Å². The number of hydrogen-bond acceptors (Lipinski definition) is 3. The van der Waals surface area contributed by atoms with Crippen LogP contribution in [-0.2, 0) is 6.42 Å². The molecule has 0 unspecified atom stereocenters. The fraction of sp³-hybridized carbons (Fsp3) is 0.176. The molecule has 21 heavy (non-hydrogen) atoms. The van der Waals surface area contributed by atoms with Crippen molar-refractivity contribution in [1.82, 2.24) is 9.55 Å². The molecule has 1 aromatic heterocycles. The maximum atomic E-state index is 12.9. The molecule has 106 valence electrons. The molecule has 0 atom stereocenters. The second-order valence-electron chi connectivity index (χ2n) is 5.01. The fourth-order valence-corrected chi connectivity index (χ4v) is 2.54. The number of nitrogens with two attached hydrogens (primary N) is 1. The number of para-hydroxylation sites is 2. The minimum atomic E-state index is -0.0432. The van der Waals surface area contributed by atoms with Crippen LogP contribution < -0.4 is 11.3 Å². The van der Waals surface area contributed by atoms with E-state index in [9.17, 15) is 4.79 Å². The van der Waals surface area contributed by atoms with Gasteiger partial charge in [-0.05, 0) is 37.2 Å². The van der Waals surface area contributed by atoms with Crippen molar-refractivity contribution in [3.63, 3.8) is 0 Å². The predicted molar refractivity (Wildman–Crippen MR) is 84.8 cm³/mol. The summed E-state index contributed by atoms with van der Waals surface area (Å²) in [5.41, 5.74) is 8.23. The van der Waals surface area contributed by atoms with E-state index in [0.29, 0.717) is 24.2 Å². The first kappa shape index (κ1) is 13.5. The zero-order valence-electron chi connectivity index (χ0n) is 11.9. The van der Waals surface area contributed by atoms with Crippen molar-refractivity contribution >= 4 is 10.9 Å². The van der Waals surface area contributed by atoms with Gasteiger partial charge >= 0.3 is 0 Å². The summed E-state index contributed by atoms with van der Waals surface area (Å²) in [5, 5.41) is 0.639. The lowest BCUT2D eigenvalue weighted by atomic mass is 10.1. The lowest BCUT2D eigenvalue weighted by molar-refractivity contribution is 0.796. The maximum Gasteiger partial charge on any atom is 0.265 e. The van der Waals surface area contributed by atoms with Crippen molar-refractivity contribution in [3.8, 4) is 5.69 Å². The van der Waals surface area contributed by atoms with Gasteiger partial charge in [0, 0.05) is 6.42 Å². The molecule has 0 saturated heterocycles. The van der Waals surface area contributed by atoms with E-state index < -0.39 is 0 Å². The van der Waals surface area contributed by atoms with Crippen LogP contribution >= 0.6 is 0 Å². The van der Waals surface area contributed by atoms with Crippen LogP contribution in [0, 0.1) is 6.92 Å². The summed E-state index contributed by atoms with van der Waals surface area (Å²) >= 11 is 0. The maximum absolute atomic E-state index is 12.9. The van der Waals surface area contributed by atoms with Gasteiger partial charge in [-0.3, -0.25) is 9.36 Å². The first-order valence-electron chi connectivity index (χ1n) is 6.99. The van der Waals surface area contributed by atoms with Crippen molar-refractivity contribution in [2.45, 2.75) is 13.3 Å². The van der Waals surface area contributed by atoms with Crippen molar-refractivity contribution in [1.29, 1.82) is 0 Å². The highest BCUT2D eigenvalue weighted by Crippen LogP contribution is 2.16. The second-order valence-corrected chi connectivity index (χ2v) is 5.01. The minimum Gasteiger partial charge on any atom is -0.330 e. The van der Waals surface area contributed by atoms with E-state index in [4.69, 9.17) is 5.73 Å². The van der Waals surface area contributed by atoms with Crippen molar-refractivity contribution in [3.05, 3.63) is 70.3 Å². The molecule has 0 fully saturated rings. The Kier molecular flexibility index (Phi) is 3.54. The van der Waals surface area contributed by atoms with Gasteiger partial charge in [0.2, 0.25) is 0 Å². The monoisotopic (exact) mass is 279 g/mol. The van der Waals surface area contributed by atoms with Gasteiger partial charge in [0.05, 0.1) is 16.6 Å². The van der Waals surface area contributed by atoms with Crippen molar-refractivity contribution in [2.24, 2.45) is 5.73 Å². The Morgan fingerprint density at radius 1 is 1.10 bits per heavy atom. The van der Waals surface area contributed by atoms with Crippen LogP contribution in [0.25, 0.3) is 16.6 Å². The molecular formula is C17H17N3O. The first-order valence-corrected chi connectivity index (χ1v) is 6.99. The number of fused-ring (bicyclic) bond motifs is 1. The Balaban J connectivity index is 2.40. The van der Waals surface area contributed by atoms with E-state index >= 15 is 0 Å². The number of aryl methyl sites for hydroxylation is 1. The molecule has 2 N–H and O–H groups in total. The van der Waals surface area contributed by atoms with Gasteiger partial charge in [-0.1, -0.05) is 30.3 Å². The molecule has 0 aliphatic heterocycles. The SMILES string of the molecule is Cc1cccc2c(=O)n(-c3ccccc3)c(CCN)nc12. The summed E-state index contributed by atoms with van der Waals surface area (Å²) < 4.78 is 1.66. The first-order chi connectivity index (χ1) is 10.2. The van der Waals surface area contributed by atoms with Gasteiger partial charge in [-0.2, -0.15) is 0 Å². The molecule has 4 nitrogen and oxygen atoms in total. The highest BCUT2D eigenvalue weighted by Gasteiger charge is 2.12. The quantitative estimate of drug-likeness (QED) is 0.799. The third-order valence-corrected chi connectivity index (χ3v) is 3.55. The zero-order chi connectivity index (χ0) is 14.8. The number of benzene rings is 2. The highest BCUT2D eigenvalue weighted by molar-refractivity contribution is 5.81. The van der Waals surface area contributed by atoms with Gasteiger partial charge in [-0.25, -0.2) is 4.98 Å². The molecule has 0 bridgehead atoms. The molecule has 3 aromatic rings. The summed E-state index contributed by atoms with van der Waals surface area (Å²) in [6.45, 7) is 2.42. The van der Waals surface area contributed by atoms with Gasteiger partial charge in [0.25, 0.3) is 5.56 Å². The van der Waals surface area contributed by atoms with E-state index in [1.165, 1.54) is 0 Å². The number of nitrogens with zero attached hydrogens (tertiary/aromatic N) is 2. The van der Waals surface area contributed by atoms with Crippen LogP contribution in [0.5, 0.6) is 0 Å². The normalized spacial score (nSPS) is 11.0. The Morgan fingerprint density at radius 3 is 2.57 bits per heavy atom. The summed E-state index contributed by atoms with van der Waals surface area (Å²) in [5.74, 6) is 0.704. The van der Waals surface area contributed by atoms with Crippen LogP contribution in [0.15, 0.2) is 53.3 Å². The van der Waals surface area contributed by atoms with E-state index in [1.807, 2.05) is 55.5 Å². The number of aromatic nitrogens is 2. The van der Waals surface area contributed by atoms with Crippen LogP contribution in [-0.4, -0.2) is 16.1 Å². The van der Waals surface area contributed by atoms with E-state index in [2.05, 4.69) is 4.98 Å².